The van der Waals surface area contributed by atoms with Crippen molar-refractivity contribution in [2.24, 2.45) is 0 Å². The normalized spacial score (nSPS) is 29.7. The Hall–Kier alpha value is -0.920. The van der Waals surface area contributed by atoms with E-state index in [1.54, 1.807) is 6.92 Å². The Labute approximate surface area is 101 Å². The van der Waals surface area contributed by atoms with Gasteiger partial charge in [-0.1, -0.05) is 0 Å². The average Bonchev–Trinajstić information content (AvgIpc) is 2.75. The van der Waals surface area contributed by atoms with Crippen LogP contribution in [-0.2, 0) is 14.8 Å². The highest BCUT2D eigenvalue weighted by molar-refractivity contribution is 7.89. The molecular weight excluding hydrogens is 242 g/mol. The molecule has 1 aromatic rings. The summed E-state index contributed by atoms with van der Waals surface area (Å²) in [7, 11) is -3.55. The lowest BCUT2D eigenvalue weighted by atomic mass is 9.97. The first-order valence-electron chi connectivity index (χ1n) is 5.51. The molecule has 2 heterocycles. The van der Waals surface area contributed by atoms with Crippen LogP contribution in [0.3, 0.4) is 0 Å². The number of rotatable bonds is 3. The third-order valence-electron chi connectivity index (χ3n) is 3.33. The Bertz CT molecular complexity index is 511. The van der Waals surface area contributed by atoms with E-state index in [9.17, 15) is 8.42 Å². The molecule has 0 bridgehead atoms. The highest BCUT2D eigenvalue weighted by Crippen LogP contribution is 2.27. The van der Waals surface area contributed by atoms with Crippen molar-refractivity contribution < 1.29 is 13.2 Å². The first kappa shape index (κ1) is 12.5. The number of aromatic nitrogens is 2. The van der Waals surface area contributed by atoms with Gasteiger partial charge in [-0.2, -0.15) is 5.10 Å². The first-order valence-corrected chi connectivity index (χ1v) is 6.99. The van der Waals surface area contributed by atoms with Crippen LogP contribution in [0, 0.1) is 6.92 Å². The Balaban J connectivity index is 2.27. The second-order valence-electron chi connectivity index (χ2n) is 4.65. The first-order chi connectivity index (χ1) is 7.85. The highest BCUT2D eigenvalue weighted by atomic mass is 32.2. The number of nitrogens with zero attached hydrogens (tertiary/aromatic N) is 1. The van der Waals surface area contributed by atoms with Gasteiger partial charge in [0.25, 0.3) is 0 Å². The Morgan fingerprint density at radius 1 is 1.65 bits per heavy atom. The van der Waals surface area contributed by atoms with E-state index in [-0.39, 0.29) is 11.0 Å². The Kier molecular flexibility index (Phi) is 3.01. The molecule has 0 spiro atoms. The molecule has 0 aromatic carbocycles. The molecule has 1 aromatic heterocycles. The summed E-state index contributed by atoms with van der Waals surface area (Å²) in [5.41, 5.74) is -0.0182. The van der Waals surface area contributed by atoms with Gasteiger partial charge < -0.3 is 4.74 Å². The molecule has 2 unspecified atom stereocenters. The molecule has 1 fully saturated rings. The fourth-order valence-corrected chi connectivity index (χ4v) is 3.57. The lowest BCUT2D eigenvalue weighted by Crippen LogP contribution is -2.50. The fraction of sp³-hybridized carbons (Fsp3) is 0.700. The largest absolute Gasteiger partial charge is 0.376 e. The van der Waals surface area contributed by atoms with E-state index >= 15 is 0 Å². The van der Waals surface area contributed by atoms with E-state index in [0.29, 0.717) is 18.7 Å². The van der Waals surface area contributed by atoms with Gasteiger partial charge in [0.1, 0.15) is 4.90 Å². The van der Waals surface area contributed by atoms with E-state index < -0.39 is 15.6 Å². The lowest BCUT2D eigenvalue weighted by Gasteiger charge is -2.28. The zero-order valence-corrected chi connectivity index (χ0v) is 11.0. The van der Waals surface area contributed by atoms with Crippen molar-refractivity contribution in [3.63, 3.8) is 0 Å². The molecule has 17 heavy (non-hydrogen) atoms. The summed E-state index contributed by atoms with van der Waals surface area (Å²) in [4.78, 5) is 0.192. The van der Waals surface area contributed by atoms with Gasteiger partial charge in [0.05, 0.1) is 23.5 Å². The number of H-pyrrole nitrogens is 1. The van der Waals surface area contributed by atoms with Crippen LogP contribution in [0.15, 0.2) is 11.1 Å². The maximum Gasteiger partial charge on any atom is 0.244 e. The molecule has 0 radical (unpaired) electrons. The second-order valence-corrected chi connectivity index (χ2v) is 6.30. The zero-order valence-electron chi connectivity index (χ0n) is 10.1. The van der Waals surface area contributed by atoms with Gasteiger partial charge in [-0.15, -0.1) is 0 Å². The molecule has 0 aliphatic carbocycles. The van der Waals surface area contributed by atoms with Gasteiger partial charge in [0, 0.05) is 6.61 Å². The fourth-order valence-electron chi connectivity index (χ4n) is 1.94. The molecule has 1 saturated heterocycles. The van der Waals surface area contributed by atoms with Crippen molar-refractivity contribution in [2.75, 3.05) is 6.61 Å². The van der Waals surface area contributed by atoms with Crippen LogP contribution in [0.1, 0.15) is 26.0 Å². The number of aromatic amines is 1. The van der Waals surface area contributed by atoms with Gasteiger partial charge in [0.2, 0.25) is 10.0 Å². The minimum atomic E-state index is -3.55. The minimum absolute atomic E-state index is 0.135. The summed E-state index contributed by atoms with van der Waals surface area (Å²) < 4.78 is 32.5. The molecule has 7 heteroatoms. The molecule has 2 N–H and O–H groups in total. The molecule has 6 nitrogen and oxygen atoms in total. The van der Waals surface area contributed by atoms with E-state index in [4.69, 9.17) is 4.74 Å². The molecule has 1 aliphatic rings. The van der Waals surface area contributed by atoms with Crippen LogP contribution in [-0.4, -0.2) is 36.9 Å². The monoisotopic (exact) mass is 259 g/mol. The summed E-state index contributed by atoms with van der Waals surface area (Å²) in [6.45, 7) is 5.98. The molecule has 0 amide bonds. The van der Waals surface area contributed by atoms with Crippen LogP contribution < -0.4 is 4.72 Å². The van der Waals surface area contributed by atoms with E-state index in [0.717, 1.165) is 0 Å². The van der Waals surface area contributed by atoms with Gasteiger partial charge in [-0.05, 0) is 27.2 Å². The molecule has 2 rings (SSSR count). The predicted octanol–water partition coefficient (Wildman–Crippen LogP) is 0.564. The van der Waals surface area contributed by atoms with Crippen LogP contribution in [0.25, 0.3) is 0 Å². The average molecular weight is 259 g/mol. The summed E-state index contributed by atoms with van der Waals surface area (Å²) in [5.74, 6) is 0. The Morgan fingerprint density at radius 2 is 2.35 bits per heavy atom. The smallest absolute Gasteiger partial charge is 0.244 e. The molecule has 0 saturated carbocycles. The van der Waals surface area contributed by atoms with Gasteiger partial charge in [0.15, 0.2) is 0 Å². The minimum Gasteiger partial charge on any atom is -0.376 e. The van der Waals surface area contributed by atoms with E-state index in [2.05, 4.69) is 14.9 Å². The van der Waals surface area contributed by atoms with Gasteiger partial charge >= 0.3 is 0 Å². The third kappa shape index (κ3) is 2.22. The number of hydrogen-bond acceptors (Lipinski definition) is 4. The molecule has 96 valence electrons. The predicted molar refractivity (Wildman–Crippen MR) is 62.1 cm³/mol. The topological polar surface area (TPSA) is 84.1 Å². The summed E-state index contributed by atoms with van der Waals surface area (Å²) >= 11 is 0. The number of ether oxygens (including phenoxy) is 1. The van der Waals surface area contributed by atoms with Gasteiger partial charge in [-0.25, -0.2) is 13.1 Å². The summed E-state index contributed by atoms with van der Waals surface area (Å²) in [5, 5.41) is 6.35. The van der Waals surface area contributed by atoms with Crippen molar-refractivity contribution in [1.82, 2.24) is 14.9 Å². The number of aryl methyl sites for hydroxylation is 1. The van der Waals surface area contributed by atoms with Crippen molar-refractivity contribution >= 4 is 10.0 Å². The van der Waals surface area contributed by atoms with E-state index in [1.807, 2.05) is 13.8 Å². The standard InChI is InChI=1S/C10H17N3O3S/c1-7-9(6-11-12-7)17(14,15)13-10(3)4-5-16-8(10)2/h6,8,13H,4-5H2,1-3H3,(H,11,12). The van der Waals surface area contributed by atoms with Crippen molar-refractivity contribution in [3.05, 3.63) is 11.9 Å². The number of sulfonamides is 1. The summed E-state index contributed by atoms with van der Waals surface area (Å²) in [6, 6.07) is 0. The van der Waals surface area contributed by atoms with Crippen molar-refractivity contribution in [1.29, 1.82) is 0 Å². The Morgan fingerprint density at radius 3 is 2.82 bits per heavy atom. The maximum absolute atomic E-state index is 12.2. The van der Waals surface area contributed by atoms with E-state index in [1.165, 1.54) is 6.20 Å². The SMILES string of the molecule is Cc1[nH]ncc1S(=O)(=O)NC1(C)CCOC1C. The second kappa shape index (κ2) is 4.08. The van der Waals surface area contributed by atoms with Gasteiger partial charge in [-0.3, -0.25) is 5.10 Å². The van der Waals surface area contributed by atoms with Crippen LogP contribution in [0.4, 0.5) is 0 Å². The van der Waals surface area contributed by atoms with Crippen molar-refractivity contribution in [3.8, 4) is 0 Å². The molecule has 1 aliphatic heterocycles. The number of nitrogens with one attached hydrogen (secondary N) is 2. The highest BCUT2D eigenvalue weighted by Gasteiger charge is 2.41. The molecule has 2 atom stereocenters. The maximum atomic E-state index is 12.2. The number of hydrogen-bond donors (Lipinski definition) is 2. The van der Waals surface area contributed by atoms with Crippen LogP contribution in [0.2, 0.25) is 0 Å². The third-order valence-corrected chi connectivity index (χ3v) is 5.05. The van der Waals surface area contributed by atoms with Crippen molar-refractivity contribution in [2.45, 2.75) is 43.7 Å². The zero-order chi connectivity index (χ0) is 12.7. The lowest BCUT2D eigenvalue weighted by molar-refractivity contribution is 0.0957. The van der Waals surface area contributed by atoms with Crippen LogP contribution in [0.5, 0.6) is 0 Å². The molecular formula is C10H17N3O3S. The van der Waals surface area contributed by atoms with Crippen LogP contribution >= 0.6 is 0 Å². The summed E-state index contributed by atoms with van der Waals surface area (Å²) in [6.07, 6.45) is 1.86. The quantitative estimate of drug-likeness (QED) is 0.831.